The molecular weight excluding hydrogens is 752 g/mol. The van der Waals surface area contributed by atoms with Gasteiger partial charge >= 0.3 is 11.9 Å². The number of phenols is 1. The fourth-order valence-electron chi connectivity index (χ4n) is 10.4. The maximum Gasteiger partial charge on any atom is 0.339 e. The lowest BCUT2D eigenvalue weighted by Gasteiger charge is -2.54. The smallest absolute Gasteiger partial charge is 0.339 e. The Balaban J connectivity index is 1.34. The SMILES string of the molecule is CCOC(=O)[C@H]1O[C@@H]([C@@]2(C)OC3(OC4(C=C[C@H]3O)O[C@H]([C@@H](C)C(=O)[C@@H](C)[C@@H](O)[C@H](C)C[C@H](C)c3ccc(CC)c(O)c3C(=O)O)[C@@H](C)C[C@H]4C)[C@H](C)[C@H]2OC)C[C@H]1O. The zero-order chi connectivity index (χ0) is 43.2. The molecule has 14 heteroatoms. The number of benzene rings is 1. The molecule has 1 aromatic carbocycles. The third-order valence-electron chi connectivity index (χ3n) is 13.7. The van der Waals surface area contributed by atoms with Gasteiger partial charge in [0.1, 0.15) is 28.8 Å². The van der Waals surface area contributed by atoms with E-state index in [1.807, 2.05) is 41.5 Å². The number of aromatic carboxylic acids is 1. The summed E-state index contributed by atoms with van der Waals surface area (Å²) in [5.41, 5.74) is -0.434. The molecule has 4 heterocycles. The van der Waals surface area contributed by atoms with Crippen molar-refractivity contribution in [3.63, 3.8) is 0 Å². The second-order valence-corrected chi connectivity index (χ2v) is 17.7. The zero-order valence-electron chi connectivity index (χ0n) is 35.8. The van der Waals surface area contributed by atoms with Crippen LogP contribution in [0, 0.1) is 35.5 Å². The fraction of sp³-hybridized carbons (Fsp3) is 0.750. The maximum atomic E-state index is 14.3. The summed E-state index contributed by atoms with van der Waals surface area (Å²) in [5, 5.41) is 54.7. The highest BCUT2D eigenvalue weighted by molar-refractivity contribution is 5.93. The molecule has 0 aromatic heterocycles. The van der Waals surface area contributed by atoms with Crippen LogP contribution in [0.25, 0.3) is 0 Å². The van der Waals surface area contributed by atoms with Crippen LogP contribution in [0.15, 0.2) is 24.3 Å². The number of carboxylic acids is 1. The molecule has 14 nitrogen and oxygen atoms in total. The van der Waals surface area contributed by atoms with Crippen molar-refractivity contribution in [3.8, 4) is 5.75 Å². The van der Waals surface area contributed by atoms with Crippen LogP contribution in [0.2, 0.25) is 0 Å². The number of esters is 1. The molecule has 5 rings (SSSR count). The highest BCUT2D eigenvalue weighted by Crippen LogP contribution is 2.56. The maximum absolute atomic E-state index is 14.3. The van der Waals surface area contributed by atoms with Gasteiger partial charge in [-0.1, -0.05) is 67.5 Å². The first kappa shape index (κ1) is 46.1. The first-order valence-electron chi connectivity index (χ1n) is 20.9. The number of hydrogen-bond donors (Lipinski definition) is 5. The van der Waals surface area contributed by atoms with Gasteiger partial charge in [0.15, 0.2) is 11.9 Å². The van der Waals surface area contributed by atoms with E-state index < -0.39 is 95.5 Å². The average molecular weight is 819 g/mol. The van der Waals surface area contributed by atoms with Gasteiger partial charge in [-0.3, -0.25) is 4.79 Å². The molecule has 4 aliphatic heterocycles. The van der Waals surface area contributed by atoms with Crippen molar-refractivity contribution < 1.29 is 68.3 Å². The molecule has 2 spiro atoms. The number of rotatable bonds is 14. The molecule has 3 saturated heterocycles. The molecular formula is C44H66O14. The minimum atomic E-state index is -1.71. The Hall–Kier alpha value is -2.95. The topological polar surface area (TPSA) is 208 Å². The summed E-state index contributed by atoms with van der Waals surface area (Å²) in [6.45, 7) is 18.3. The Kier molecular flexibility index (Phi) is 14.0. The van der Waals surface area contributed by atoms with Crippen molar-refractivity contribution in [2.75, 3.05) is 13.7 Å². The number of hydrogen-bond acceptors (Lipinski definition) is 13. The molecule has 3 fully saturated rings. The number of Topliss-reactive ketones (excluding diaryl/α,β-unsaturated/α-hetero) is 1. The number of carbonyl (C=O) groups excluding carboxylic acids is 2. The summed E-state index contributed by atoms with van der Waals surface area (Å²) < 4.78 is 37.8. The number of aliphatic hydroxyl groups is 3. The molecule has 2 unspecified atom stereocenters. The van der Waals surface area contributed by atoms with Gasteiger partial charge in [0.05, 0.1) is 37.1 Å². The number of ether oxygens (including phenoxy) is 6. The van der Waals surface area contributed by atoms with E-state index >= 15 is 0 Å². The van der Waals surface area contributed by atoms with Gasteiger partial charge in [0.2, 0.25) is 5.79 Å². The van der Waals surface area contributed by atoms with Gasteiger partial charge in [-0.2, -0.15) is 0 Å². The summed E-state index contributed by atoms with van der Waals surface area (Å²) >= 11 is 0. The Bertz CT molecular complexity index is 1700. The number of carboxylic acid groups (broad SMARTS) is 1. The van der Waals surface area contributed by atoms with Gasteiger partial charge in [-0.25, -0.2) is 9.59 Å². The van der Waals surface area contributed by atoms with E-state index in [9.17, 15) is 39.9 Å². The van der Waals surface area contributed by atoms with Gasteiger partial charge in [0.25, 0.3) is 0 Å². The van der Waals surface area contributed by atoms with Crippen molar-refractivity contribution in [2.24, 2.45) is 35.5 Å². The predicted octanol–water partition coefficient (Wildman–Crippen LogP) is 4.91. The monoisotopic (exact) mass is 818 g/mol. The van der Waals surface area contributed by atoms with E-state index in [1.165, 1.54) is 7.11 Å². The van der Waals surface area contributed by atoms with E-state index in [2.05, 4.69) is 0 Å². The minimum Gasteiger partial charge on any atom is -0.507 e. The lowest BCUT2D eigenvalue weighted by molar-refractivity contribution is -0.414. The number of methoxy groups -OCH3 is 1. The number of ketones is 1. The van der Waals surface area contributed by atoms with E-state index in [-0.39, 0.29) is 47.9 Å². The molecule has 0 aliphatic carbocycles. The second kappa shape index (κ2) is 17.6. The predicted molar refractivity (Wildman–Crippen MR) is 211 cm³/mol. The standard InChI is InChI=1S/C44H66O14/c1-12-28-14-15-29(33(36(28)49)40(50)51)21(3)18-22(4)34(47)25(7)35(48)26(8)37-23(5)19-24(6)43(56-37)17-16-31(46)44(58-43)27(9)39(53-11)42(10,57-44)32-20-30(45)38(55-32)41(52)54-13-2/h14-17,21-27,30-32,34,37-39,45-47,49H,12-13,18-20H2,1-11H3,(H,50,51)/t21-,22+,23-,24+,25-,26-,27+,30+,31+,32+,34-,37-,38-,39+,42+,43?,44?/m0/s1. The number of aryl methyl sites for hydroxylation is 1. The van der Waals surface area contributed by atoms with E-state index in [1.54, 1.807) is 52.0 Å². The van der Waals surface area contributed by atoms with E-state index in [0.717, 1.165) is 0 Å². The van der Waals surface area contributed by atoms with E-state index in [0.29, 0.717) is 30.4 Å². The van der Waals surface area contributed by atoms with Crippen LogP contribution in [0.4, 0.5) is 0 Å². The van der Waals surface area contributed by atoms with E-state index in [4.69, 9.17) is 28.4 Å². The molecule has 326 valence electrons. The third-order valence-corrected chi connectivity index (χ3v) is 13.7. The van der Waals surface area contributed by atoms with Gasteiger partial charge < -0.3 is 54.0 Å². The first-order chi connectivity index (χ1) is 27.1. The summed E-state index contributed by atoms with van der Waals surface area (Å²) in [5.74, 6) is -8.68. The Morgan fingerprint density at radius 2 is 1.69 bits per heavy atom. The second-order valence-electron chi connectivity index (χ2n) is 17.7. The van der Waals surface area contributed by atoms with Crippen LogP contribution >= 0.6 is 0 Å². The molecule has 17 atom stereocenters. The van der Waals surface area contributed by atoms with Crippen molar-refractivity contribution in [2.45, 2.75) is 161 Å². The summed E-state index contributed by atoms with van der Waals surface area (Å²) in [6, 6.07) is 3.44. The van der Waals surface area contributed by atoms with Crippen LogP contribution in [0.1, 0.15) is 116 Å². The summed E-state index contributed by atoms with van der Waals surface area (Å²) in [7, 11) is 1.51. The molecule has 5 N–H and O–H groups in total. The first-order valence-corrected chi connectivity index (χ1v) is 20.9. The minimum absolute atomic E-state index is 0.0480. The molecule has 0 amide bonds. The number of aliphatic hydroxyl groups excluding tert-OH is 3. The molecule has 0 radical (unpaired) electrons. The van der Waals surface area contributed by atoms with Crippen LogP contribution in [0.5, 0.6) is 5.75 Å². The zero-order valence-corrected chi connectivity index (χ0v) is 35.8. The normalized spacial score (nSPS) is 38.7. The molecule has 58 heavy (non-hydrogen) atoms. The van der Waals surface area contributed by atoms with Crippen LogP contribution in [0.3, 0.4) is 0 Å². The average Bonchev–Trinajstić information content (AvgIpc) is 3.67. The van der Waals surface area contributed by atoms with Crippen molar-refractivity contribution in [1.29, 1.82) is 0 Å². The van der Waals surface area contributed by atoms with Gasteiger partial charge in [-0.05, 0) is 74.1 Å². The largest absolute Gasteiger partial charge is 0.507 e. The van der Waals surface area contributed by atoms with Crippen LogP contribution in [-0.2, 0) is 44.4 Å². The molecule has 4 aliphatic rings. The van der Waals surface area contributed by atoms with Gasteiger partial charge in [0, 0.05) is 37.2 Å². The van der Waals surface area contributed by atoms with Gasteiger partial charge in [-0.15, -0.1) is 0 Å². The third kappa shape index (κ3) is 8.00. The number of carbonyl (C=O) groups is 3. The van der Waals surface area contributed by atoms with Crippen LogP contribution in [-0.4, -0.2) is 117 Å². The lowest BCUT2D eigenvalue weighted by Crippen LogP contribution is -2.64. The summed E-state index contributed by atoms with van der Waals surface area (Å²) in [4.78, 5) is 39.0. The highest BCUT2D eigenvalue weighted by atomic mass is 16.8. The highest BCUT2D eigenvalue weighted by Gasteiger charge is 2.70. The molecule has 0 bridgehead atoms. The Morgan fingerprint density at radius 3 is 2.29 bits per heavy atom. The van der Waals surface area contributed by atoms with Crippen LogP contribution < -0.4 is 0 Å². The molecule has 0 saturated carbocycles. The van der Waals surface area contributed by atoms with Crippen molar-refractivity contribution >= 4 is 17.7 Å². The molecule has 1 aromatic rings. The Morgan fingerprint density at radius 1 is 1.02 bits per heavy atom. The number of aromatic hydroxyl groups is 1. The Labute approximate surface area is 342 Å². The summed E-state index contributed by atoms with van der Waals surface area (Å²) in [6.07, 6.45) is -2.14. The van der Waals surface area contributed by atoms with Crippen molar-refractivity contribution in [3.05, 3.63) is 41.0 Å². The van der Waals surface area contributed by atoms with Crippen molar-refractivity contribution in [1.82, 2.24) is 0 Å². The lowest BCUT2D eigenvalue weighted by atomic mass is 9.74. The fourth-order valence-corrected chi connectivity index (χ4v) is 10.4. The quantitative estimate of drug-likeness (QED) is 0.125.